The highest BCUT2D eigenvalue weighted by Crippen LogP contribution is 2.54. The monoisotopic (exact) mass is 253 g/mol. The summed E-state index contributed by atoms with van der Waals surface area (Å²) < 4.78 is 36.4. The maximum Gasteiger partial charge on any atom is 0.264 e. The van der Waals surface area contributed by atoms with Crippen molar-refractivity contribution in [3.05, 3.63) is 23.3 Å². The Balaban J connectivity index is 2.15. The predicted molar refractivity (Wildman–Crippen MR) is 56.6 cm³/mol. The number of fused-ring (bicyclic) bond motifs is 1. The molecule has 18 heavy (non-hydrogen) atoms. The molecule has 1 aliphatic heterocycles. The Hall–Kier alpha value is -1.94. The Morgan fingerprint density at radius 1 is 1.28 bits per heavy atom. The largest absolute Gasteiger partial charge is 0.454 e. The second-order valence-corrected chi connectivity index (χ2v) is 4.33. The van der Waals surface area contributed by atoms with Crippen LogP contribution < -0.4 is 9.47 Å². The fourth-order valence-electron chi connectivity index (χ4n) is 2.19. The molecule has 2 aliphatic rings. The third-order valence-corrected chi connectivity index (χ3v) is 3.26. The molecule has 0 atom stereocenters. The van der Waals surface area contributed by atoms with Crippen LogP contribution in [0.5, 0.6) is 11.5 Å². The third kappa shape index (κ3) is 1.57. The molecule has 1 saturated carbocycles. The van der Waals surface area contributed by atoms with Crippen molar-refractivity contribution in [3.8, 4) is 11.5 Å². The fourth-order valence-corrected chi connectivity index (χ4v) is 2.19. The van der Waals surface area contributed by atoms with Gasteiger partial charge in [-0.1, -0.05) is 0 Å². The van der Waals surface area contributed by atoms with Gasteiger partial charge in [0.05, 0.1) is 5.54 Å². The minimum absolute atomic E-state index is 0.0193. The number of alkyl halides is 2. The summed E-state index contributed by atoms with van der Waals surface area (Å²) >= 11 is 0. The zero-order chi connectivity index (χ0) is 12.8. The van der Waals surface area contributed by atoms with E-state index in [1.54, 1.807) is 0 Å². The standard InChI is InChI=1S/C12H9F2NO3/c13-11(14)7-3-9-10(18-6-17-9)4-8(7)12(1-2-12)15-5-16/h3-4,11H,1-2,6H2. The minimum Gasteiger partial charge on any atom is -0.454 e. The lowest BCUT2D eigenvalue weighted by Crippen LogP contribution is -2.07. The highest BCUT2D eigenvalue weighted by Gasteiger charge is 2.48. The maximum atomic E-state index is 13.1. The van der Waals surface area contributed by atoms with Crippen LogP contribution in [0.4, 0.5) is 8.78 Å². The van der Waals surface area contributed by atoms with Crippen LogP contribution in [0.25, 0.3) is 0 Å². The van der Waals surface area contributed by atoms with E-state index < -0.39 is 12.0 Å². The molecule has 94 valence electrons. The van der Waals surface area contributed by atoms with Crippen LogP contribution in [-0.2, 0) is 10.3 Å². The van der Waals surface area contributed by atoms with Gasteiger partial charge in [0.2, 0.25) is 12.9 Å². The topological polar surface area (TPSA) is 47.9 Å². The number of hydrogen-bond acceptors (Lipinski definition) is 4. The van der Waals surface area contributed by atoms with Gasteiger partial charge in [0.15, 0.2) is 11.5 Å². The molecule has 0 unspecified atom stereocenters. The van der Waals surface area contributed by atoms with Gasteiger partial charge in [-0.2, -0.15) is 4.99 Å². The lowest BCUT2D eigenvalue weighted by Gasteiger charge is -2.14. The molecule has 1 fully saturated rings. The van der Waals surface area contributed by atoms with Crippen LogP contribution in [0, 0.1) is 0 Å². The van der Waals surface area contributed by atoms with E-state index in [2.05, 4.69) is 4.99 Å². The number of benzene rings is 1. The van der Waals surface area contributed by atoms with E-state index in [0.29, 0.717) is 29.9 Å². The molecule has 6 heteroatoms. The summed E-state index contributed by atoms with van der Waals surface area (Å²) in [7, 11) is 0. The molecule has 0 spiro atoms. The van der Waals surface area contributed by atoms with E-state index in [1.165, 1.54) is 18.2 Å². The molecular weight excluding hydrogens is 244 g/mol. The molecule has 0 saturated heterocycles. The van der Waals surface area contributed by atoms with Gasteiger partial charge in [-0.3, -0.25) is 0 Å². The third-order valence-electron chi connectivity index (χ3n) is 3.26. The van der Waals surface area contributed by atoms with Crippen molar-refractivity contribution in [2.45, 2.75) is 24.8 Å². The van der Waals surface area contributed by atoms with Gasteiger partial charge in [-0.15, -0.1) is 0 Å². The van der Waals surface area contributed by atoms with Crippen LogP contribution in [0.2, 0.25) is 0 Å². The number of nitrogens with zero attached hydrogens (tertiary/aromatic N) is 1. The first-order valence-corrected chi connectivity index (χ1v) is 5.47. The molecule has 1 heterocycles. The van der Waals surface area contributed by atoms with Crippen molar-refractivity contribution in [2.24, 2.45) is 4.99 Å². The summed E-state index contributed by atoms with van der Waals surface area (Å²) in [6, 6.07) is 2.76. The SMILES string of the molecule is O=C=NC1(c2cc3c(cc2C(F)F)OCO3)CC1. The summed E-state index contributed by atoms with van der Waals surface area (Å²) in [5, 5.41) is 0. The zero-order valence-corrected chi connectivity index (χ0v) is 9.28. The van der Waals surface area contributed by atoms with E-state index in [1.807, 2.05) is 0 Å². The van der Waals surface area contributed by atoms with E-state index in [9.17, 15) is 13.6 Å². The minimum atomic E-state index is -2.64. The van der Waals surface area contributed by atoms with Crippen LogP contribution in [0.3, 0.4) is 0 Å². The Morgan fingerprint density at radius 3 is 2.50 bits per heavy atom. The Bertz CT molecular complexity index is 548. The van der Waals surface area contributed by atoms with E-state index in [-0.39, 0.29) is 12.4 Å². The molecule has 1 aliphatic carbocycles. The molecule has 4 nitrogen and oxygen atoms in total. The highest BCUT2D eigenvalue weighted by molar-refractivity contribution is 5.54. The first-order chi connectivity index (χ1) is 8.66. The highest BCUT2D eigenvalue weighted by atomic mass is 19.3. The molecule has 0 amide bonds. The van der Waals surface area contributed by atoms with Gasteiger partial charge < -0.3 is 9.47 Å². The number of carbonyl (C=O) groups excluding carboxylic acids is 1. The van der Waals surface area contributed by atoms with E-state index in [4.69, 9.17) is 9.47 Å². The zero-order valence-electron chi connectivity index (χ0n) is 9.28. The first-order valence-electron chi connectivity index (χ1n) is 5.47. The molecule has 3 rings (SSSR count). The summed E-state index contributed by atoms with van der Waals surface area (Å²) in [6.45, 7) is 0.0193. The second-order valence-electron chi connectivity index (χ2n) is 4.33. The predicted octanol–water partition coefficient (Wildman–Crippen LogP) is 2.68. The Morgan fingerprint density at radius 2 is 1.94 bits per heavy atom. The number of ether oxygens (including phenoxy) is 2. The molecule has 0 bridgehead atoms. The smallest absolute Gasteiger partial charge is 0.264 e. The molecule has 1 aromatic rings. The fraction of sp³-hybridized carbons (Fsp3) is 0.417. The van der Waals surface area contributed by atoms with Gasteiger partial charge in [-0.25, -0.2) is 13.6 Å². The average Bonchev–Trinajstić information content (AvgIpc) is 2.98. The lowest BCUT2D eigenvalue weighted by atomic mass is 9.98. The van der Waals surface area contributed by atoms with Crippen molar-refractivity contribution in [1.82, 2.24) is 0 Å². The quantitative estimate of drug-likeness (QED) is 0.614. The lowest BCUT2D eigenvalue weighted by molar-refractivity contribution is 0.148. The van der Waals surface area contributed by atoms with Crippen molar-refractivity contribution in [3.63, 3.8) is 0 Å². The number of hydrogen-bond donors (Lipinski definition) is 0. The van der Waals surface area contributed by atoms with Gasteiger partial charge in [-0.05, 0) is 30.5 Å². The number of halogens is 2. The first kappa shape index (κ1) is 11.2. The van der Waals surface area contributed by atoms with Crippen LogP contribution in [0.15, 0.2) is 17.1 Å². The van der Waals surface area contributed by atoms with Crippen LogP contribution >= 0.6 is 0 Å². The molecule has 1 aromatic carbocycles. The maximum absolute atomic E-state index is 13.1. The van der Waals surface area contributed by atoms with Gasteiger partial charge in [0.1, 0.15) is 0 Å². The van der Waals surface area contributed by atoms with Gasteiger partial charge >= 0.3 is 0 Å². The summed E-state index contributed by atoms with van der Waals surface area (Å²) in [6.07, 6.45) is -0.0417. The van der Waals surface area contributed by atoms with Crippen molar-refractivity contribution < 1.29 is 23.0 Å². The number of isocyanates is 1. The van der Waals surface area contributed by atoms with E-state index in [0.717, 1.165) is 0 Å². The Labute approximate surface area is 101 Å². The van der Waals surface area contributed by atoms with Crippen LogP contribution in [-0.4, -0.2) is 12.9 Å². The second kappa shape index (κ2) is 3.78. The van der Waals surface area contributed by atoms with E-state index >= 15 is 0 Å². The van der Waals surface area contributed by atoms with Crippen LogP contribution in [0.1, 0.15) is 30.4 Å². The van der Waals surface area contributed by atoms with Crippen molar-refractivity contribution >= 4 is 6.08 Å². The van der Waals surface area contributed by atoms with Crippen molar-refractivity contribution in [1.29, 1.82) is 0 Å². The normalized spacial score (nSPS) is 18.6. The summed E-state index contributed by atoms with van der Waals surface area (Å²) in [4.78, 5) is 14.1. The Kier molecular flexibility index (Phi) is 2.35. The molecule has 0 N–H and O–H groups in total. The summed E-state index contributed by atoms with van der Waals surface area (Å²) in [5.41, 5.74) is -0.657. The molecule has 0 radical (unpaired) electrons. The van der Waals surface area contributed by atoms with Gasteiger partial charge in [0.25, 0.3) is 6.43 Å². The number of rotatable bonds is 3. The summed E-state index contributed by atoms with van der Waals surface area (Å²) in [5.74, 6) is 0.724. The van der Waals surface area contributed by atoms with Crippen molar-refractivity contribution in [2.75, 3.05) is 6.79 Å². The average molecular weight is 253 g/mol. The number of aliphatic imine (C=N–C) groups is 1. The molecule has 0 aromatic heterocycles. The van der Waals surface area contributed by atoms with Gasteiger partial charge in [0, 0.05) is 5.56 Å². The molecular formula is C12H9F2NO3.